The Kier molecular flexibility index (Phi) is 4.29. The predicted octanol–water partition coefficient (Wildman–Crippen LogP) is 3.77. The number of hydrogen-bond donors (Lipinski definition) is 0. The van der Waals surface area contributed by atoms with Crippen LogP contribution in [0.3, 0.4) is 0 Å². The van der Waals surface area contributed by atoms with Crippen molar-refractivity contribution in [3.8, 4) is 5.75 Å². The summed E-state index contributed by atoms with van der Waals surface area (Å²) in [5.41, 5.74) is 3.38. The van der Waals surface area contributed by atoms with Crippen LogP contribution in [-0.2, 0) is 4.79 Å². The first-order valence-corrected chi connectivity index (χ1v) is 5.44. The summed E-state index contributed by atoms with van der Waals surface area (Å²) in [6.45, 7) is 8.79. The minimum absolute atomic E-state index is 0.404. The molecule has 1 aromatic carbocycles. The molecular formula is C14H18O2. The highest BCUT2D eigenvalue weighted by molar-refractivity contribution is 5.65. The molecule has 0 unspecified atom stereocenters. The van der Waals surface area contributed by atoms with Crippen molar-refractivity contribution in [2.45, 2.75) is 33.6 Å². The number of carbonyl (C=O) groups excluding carboxylic acids is 1. The maximum absolute atomic E-state index is 10.5. The molecule has 0 aromatic heterocycles. The zero-order valence-corrected chi connectivity index (χ0v) is 10.3. The van der Waals surface area contributed by atoms with E-state index in [1.54, 1.807) is 0 Å². The van der Waals surface area contributed by atoms with Gasteiger partial charge in [0.25, 0.3) is 6.47 Å². The van der Waals surface area contributed by atoms with Crippen LogP contribution in [0.2, 0.25) is 0 Å². The van der Waals surface area contributed by atoms with Gasteiger partial charge in [0, 0.05) is 5.56 Å². The van der Waals surface area contributed by atoms with Gasteiger partial charge in [-0.1, -0.05) is 37.6 Å². The molecule has 2 heteroatoms. The third-order valence-corrected chi connectivity index (χ3v) is 2.33. The van der Waals surface area contributed by atoms with E-state index in [1.165, 1.54) is 11.1 Å². The Hall–Kier alpha value is -1.57. The Morgan fingerprint density at radius 3 is 2.50 bits per heavy atom. The predicted molar refractivity (Wildman–Crippen MR) is 66.5 cm³/mol. The number of rotatable bonds is 4. The summed E-state index contributed by atoms with van der Waals surface area (Å²) in [6, 6.07) is 5.79. The van der Waals surface area contributed by atoms with Gasteiger partial charge in [0.2, 0.25) is 0 Å². The van der Waals surface area contributed by atoms with Gasteiger partial charge in [-0.2, -0.15) is 0 Å². The summed E-state index contributed by atoms with van der Waals surface area (Å²) in [7, 11) is 0. The van der Waals surface area contributed by atoms with Crippen molar-refractivity contribution in [3.05, 3.63) is 34.9 Å². The number of hydrogen-bond acceptors (Lipinski definition) is 2. The van der Waals surface area contributed by atoms with E-state index in [0.29, 0.717) is 18.1 Å². The molecule has 0 aliphatic heterocycles. The molecule has 86 valence electrons. The van der Waals surface area contributed by atoms with Gasteiger partial charge in [-0.3, -0.25) is 4.79 Å². The standard InChI is InChI=1S/C14H18O2/c1-10(2)8-13-12(11(3)4)6-5-7-14(13)16-9-15/h5-9,11H,1-4H3. The summed E-state index contributed by atoms with van der Waals surface area (Å²) in [5.74, 6) is 1.03. The quantitative estimate of drug-likeness (QED) is 0.719. The third-order valence-electron chi connectivity index (χ3n) is 2.33. The Morgan fingerprint density at radius 1 is 1.31 bits per heavy atom. The highest BCUT2D eigenvalue weighted by Crippen LogP contribution is 2.29. The fraction of sp³-hybridized carbons (Fsp3) is 0.357. The number of carbonyl (C=O) groups is 1. The first-order valence-electron chi connectivity index (χ1n) is 5.44. The normalized spacial score (nSPS) is 10.1. The van der Waals surface area contributed by atoms with Crippen molar-refractivity contribution >= 4 is 12.5 Å². The van der Waals surface area contributed by atoms with Gasteiger partial charge < -0.3 is 4.74 Å². The largest absolute Gasteiger partial charge is 0.428 e. The van der Waals surface area contributed by atoms with Crippen LogP contribution in [0.1, 0.15) is 44.7 Å². The Morgan fingerprint density at radius 2 is 2.00 bits per heavy atom. The van der Waals surface area contributed by atoms with Crippen LogP contribution in [0.4, 0.5) is 0 Å². The highest BCUT2D eigenvalue weighted by Gasteiger charge is 2.10. The lowest BCUT2D eigenvalue weighted by molar-refractivity contribution is -0.120. The van der Waals surface area contributed by atoms with Gasteiger partial charge >= 0.3 is 0 Å². The van der Waals surface area contributed by atoms with Gasteiger partial charge in [-0.15, -0.1) is 0 Å². The molecule has 0 saturated heterocycles. The molecule has 1 rings (SSSR count). The number of benzene rings is 1. The maximum Gasteiger partial charge on any atom is 0.298 e. The smallest absolute Gasteiger partial charge is 0.298 e. The average Bonchev–Trinajstić information content (AvgIpc) is 2.19. The lowest BCUT2D eigenvalue weighted by atomic mass is 9.95. The first kappa shape index (κ1) is 12.5. The molecule has 0 radical (unpaired) electrons. The second-order valence-electron chi connectivity index (χ2n) is 4.35. The first-order chi connectivity index (χ1) is 7.56. The zero-order valence-electron chi connectivity index (χ0n) is 10.3. The maximum atomic E-state index is 10.5. The van der Waals surface area contributed by atoms with E-state index in [2.05, 4.69) is 19.9 Å². The van der Waals surface area contributed by atoms with Gasteiger partial charge in [0.15, 0.2) is 0 Å². The second-order valence-corrected chi connectivity index (χ2v) is 4.35. The van der Waals surface area contributed by atoms with E-state index in [0.717, 1.165) is 5.56 Å². The summed E-state index contributed by atoms with van der Waals surface area (Å²) in [6.07, 6.45) is 2.05. The van der Waals surface area contributed by atoms with E-state index < -0.39 is 0 Å². The SMILES string of the molecule is CC(C)=Cc1c(OC=O)cccc1C(C)C. The van der Waals surface area contributed by atoms with Crippen LogP contribution >= 0.6 is 0 Å². The molecule has 0 aliphatic rings. The molecule has 0 amide bonds. The van der Waals surface area contributed by atoms with Gasteiger partial charge in [0.05, 0.1) is 0 Å². The van der Waals surface area contributed by atoms with Crippen LogP contribution < -0.4 is 4.74 Å². The van der Waals surface area contributed by atoms with E-state index >= 15 is 0 Å². The molecule has 0 aliphatic carbocycles. The van der Waals surface area contributed by atoms with Crippen LogP contribution in [0, 0.1) is 0 Å². The molecule has 0 spiro atoms. The molecule has 0 saturated carbocycles. The van der Waals surface area contributed by atoms with Gasteiger partial charge in [-0.05, 0) is 31.4 Å². The van der Waals surface area contributed by atoms with Crippen LogP contribution in [0.15, 0.2) is 23.8 Å². The number of ether oxygens (including phenoxy) is 1. The lowest BCUT2D eigenvalue weighted by Gasteiger charge is -2.13. The third kappa shape index (κ3) is 2.96. The minimum Gasteiger partial charge on any atom is -0.428 e. The Balaban J connectivity index is 3.34. The number of allylic oxidation sites excluding steroid dienone is 1. The topological polar surface area (TPSA) is 26.3 Å². The summed E-state index contributed by atoms with van der Waals surface area (Å²) in [5, 5.41) is 0. The molecule has 0 heterocycles. The molecule has 16 heavy (non-hydrogen) atoms. The van der Waals surface area contributed by atoms with Crippen molar-refractivity contribution in [2.24, 2.45) is 0 Å². The van der Waals surface area contributed by atoms with Gasteiger partial charge in [-0.25, -0.2) is 0 Å². The van der Waals surface area contributed by atoms with E-state index in [1.807, 2.05) is 32.1 Å². The molecule has 1 aromatic rings. The zero-order chi connectivity index (χ0) is 12.1. The Bertz CT molecular complexity index is 399. The summed E-state index contributed by atoms with van der Waals surface area (Å²) in [4.78, 5) is 10.5. The molecule has 2 nitrogen and oxygen atoms in total. The second kappa shape index (κ2) is 5.50. The molecular weight excluding hydrogens is 200 g/mol. The monoisotopic (exact) mass is 218 g/mol. The van der Waals surface area contributed by atoms with Crippen LogP contribution in [0.25, 0.3) is 6.08 Å². The minimum atomic E-state index is 0.404. The lowest BCUT2D eigenvalue weighted by Crippen LogP contribution is -1.98. The summed E-state index contributed by atoms with van der Waals surface area (Å²) >= 11 is 0. The van der Waals surface area contributed by atoms with Crippen LogP contribution in [-0.4, -0.2) is 6.47 Å². The van der Waals surface area contributed by atoms with Crippen molar-refractivity contribution in [1.82, 2.24) is 0 Å². The van der Waals surface area contributed by atoms with Crippen molar-refractivity contribution < 1.29 is 9.53 Å². The van der Waals surface area contributed by atoms with Crippen molar-refractivity contribution in [1.29, 1.82) is 0 Å². The molecule has 0 atom stereocenters. The molecule has 0 fully saturated rings. The molecule has 0 N–H and O–H groups in total. The van der Waals surface area contributed by atoms with Crippen LogP contribution in [0.5, 0.6) is 5.75 Å². The van der Waals surface area contributed by atoms with E-state index in [4.69, 9.17) is 4.74 Å². The van der Waals surface area contributed by atoms with E-state index in [-0.39, 0.29) is 0 Å². The fourth-order valence-corrected chi connectivity index (χ4v) is 1.66. The Labute approximate surface area is 96.9 Å². The van der Waals surface area contributed by atoms with Crippen molar-refractivity contribution in [3.63, 3.8) is 0 Å². The van der Waals surface area contributed by atoms with E-state index in [9.17, 15) is 4.79 Å². The highest BCUT2D eigenvalue weighted by atomic mass is 16.5. The van der Waals surface area contributed by atoms with Crippen molar-refractivity contribution in [2.75, 3.05) is 0 Å². The van der Waals surface area contributed by atoms with Gasteiger partial charge in [0.1, 0.15) is 5.75 Å². The average molecular weight is 218 g/mol. The molecule has 0 bridgehead atoms. The fourth-order valence-electron chi connectivity index (χ4n) is 1.66. The summed E-state index contributed by atoms with van der Waals surface area (Å²) < 4.78 is 5.00.